The molecule has 1 aromatic heterocycles. The standard InChI is InChI=1S/C29H27Cl2FN4O3/c1-18(2)15-35(28(38)20-5-4-6-23(13-20)39-3)17-27(37)34-29-33-26(19-7-9-21(30)10-8-19)16-36(29)22-11-12-25(32)24(31)14-22/h4-14,16,18H,15,17H2,1-3H3,(H,33,34,37). The number of anilines is 1. The number of methoxy groups -OCH3 is 1. The van der Waals surface area contributed by atoms with Gasteiger partial charge in [0.1, 0.15) is 18.1 Å². The van der Waals surface area contributed by atoms with E-state index in [2.05, 4.69) is 10.3 Å². The van der Waals surface area contributed by atoms with Crippen LogP contribution in [0, 0.1) is 11.7 Å². The molecule has 3 aromatic carbocycles. The van der Waals surface area contributed by atoms with Gasteiger partial charge in [0.05, 0.1) is 23.5 Å². The van der Waals surface area contributed by atoms with Gasteiger partial charge in [-0.05, 0) is 54.4 Å². The minimum Gasteiger partial charge on any atom is -0.497 e. The van der Waals surface area contributed by atoms with Gasteiger partial charge < -0.3 is 9.64 Å². The van der Waals surface area contributed by atoms with E-state index in [9.17, 15) is 14.0 Å². The lowest BCUT2D eigenvalue weighted by Gasteiger charge is -2.24. The molecule has 0 fully saturated rings. The number of hydrogen-bond acceptors (Lipinski definition) is 4. The molecule has 0 bridgehead atoms. The Morgan fingerprint density at radius 1 is 1.08 bits per heavy atom. The second-order valence-electron chi connectivity index (χ2n) is 9.28. The van der Waals surface area contributed by atoms with Crippen molar-refractivity contribution >= 4 is 41.0 Å². The van der Waals surface area contributed by atoms with Gasteiger partial charge in [-0.2, -0.15) is 0 Å². The van der Waals surface area contributed by atoms with Crippen LogP contribution in [0.2, 0.25) is 10.0 Å². The predicted molar refractivity (Wildman–Crippen MR) is 151 cm³/mol. The number of hydrogen-bond donors (Lipinski definition) is 1. The van der Waals surface area contributed by atoms with E-state index < -0.39 is 11.7 Å². The van der Waals surface area contributed by atoms with Crippen LogP contribution in [0.5, 0.6) is 5.75 Å². The zero-order chi connectivity index (χ0) is 28.1. The number of benzene rings is 3. The molecule has 4 rings (SSSR count). The van der Waals surface area contributed by atoms with E-state index in [0.29, 0.717) is 34.3 Å². The summed E-state index contributed by atoms with van der Waals surface area (Å²) in [6.45, 7) is 4.09. The zero-order valence-corrected chi connectivity index (χ0v) is 23.1. The lowest BCUT2D eigenvalue weighted by molar-refractivity contribution is -0.117. The fourth-order valence-electron chi connectivity index (χ4n) is 4.00. The van der Waals surface area contributed by atoms with Crippen molar-refractivity contribution in [3.63, 3.8) is 0 Å². The van der Waals surface area contributed by atoms with Gasteiger partial charge in [-0.15, -0.1) is 0 Å². The summed E-state index contributed by atoms with van der Waals surface area (Å²) in [6, 6.07) is 18.1. The van der Waals surface area contributed by atoms with E-state index in [-0.39, 0.29) is 29.3 Å². The molecule has 7 nitrogen and oxygen atoms in total. The lowest BCUT2D eigenvalue weighted by Crippen LogP contribution is -2.40. The molecule has 0 saturated heterocycles. The molecular formula is C29H27Cl2FN4O3. The Kier molecular flexibility index (Phi) is 8.89. The molecule has 0 aliphatic heterocycles. The van der Waals surface area contributed by atoms with Gasteiger partial charge in [0.2, 0.25) is 11.9 Å². The number of nitrogens with one attached hydrogen (secondary N) is 1. The van der Waals surface area contributed by atoms with Gasteiger partial charge >= 0.3 is 0 Å². The van der Waals surface area contributed by atoms with E-state index in [1.54, 1.807) is 59.3 Å². The third kappa shape index (κ3) is 6.96. The molecule has 0 unspecified atom stereocenters. The second-order valence-corrected chi connectivity index (χ2v) is 10.1. The van der Waals surface area contributed by atoms with E-state index in [1.807, 2.05) is 13.8 Å². The maximum Gasteiger partial charge on any atom is 0.254 e. The summed E-state index contributed by atoms with van der Waals surface area (Å²) in [7, 11) is 1.53. The predicted octanol–water partition coefficient (Wildman–Crippen LogP) is 6.73. The van der Waals surface area contributed by atoms with Crippen LogP contribution in [0.4, 0.5) is 10.3 Å². The van der Waals surface area contributed by atoms with E-state index in [4.69, 9.17) is 27.9 Å². The summed E-state index contributed by atoms with van der Waals surface area (Å²) in [5.74, 6) is -0.463. The normalized spacial score (nSPS) is 10.9. The van der Waals surface area contributed by atoms with Crippen molar-refractivity contribution in [2.45, 2.75) is 13.8 Å². The average molecular weight is 569 g/mol. The fourth-order valence-corrected chi connectivity index (χ4v) is 4.30. The van der Waals surface area contributed by atoms with Crippen LogP contribution >= 0.6 is 23.2 Å². The van der Waals surface area contributed by atoms with Crippen LogP contribution in [0.25, 0.3) is 16.9 Å². The third-order valence-corrected chi connectivity index (χ3v) is 6.34. The molecule has 0 atom stereocenters. The first-order valence-electron chi connectivity index (χ1n) is 12.2. The Morgan fingerprint density at radius 2 is 1.82 bits per heavy atom. The summed E-state index contributed by atoms with van der Waals surface area (Å²) in [5, 5.41) is 3.31. The van der Waals surface area contributed by atoms with Crippen LogP contribution < -0.4 is 10.1 Å². The molecule has 202 valence electrons. The number of amides is 2. The van der Waals surface area contributed by atoms with Gasteiger partial charge in [0, 0.05) is 28.9 Å². The van der Waals surface area contributed by atoms with Gasteiger partial charge in [0.15, 0.2) is 0 Å². The summed E-state index contributed by atoms with van der Waals surface area (Å²) < 4.78 is 20.7. The van der Waals surface area contributed by atoms with Crippen molar-refractivity contribution in [2.75, 3.05) is 25.5 Å². The van der Waals surface area contributed by atoms with Gasteiger partial charge in [-0.3, -0.25) is 19.5 Å². The average Bonchev–Trinajstić information content (AvgIpc) is 3.33. The van der Waals surface area contributed by atoms with Gasteiger partial charge in [-0.1, -0.05) is 55.2 Å². The van der Waals surface area contributed by atoms with Crippen LogP contribution in [0.3, 0.4) is 0 Å². The molecule has 1 heterocycles. The van der Waals surface area contributed by atoms with Crippen LogP contribution in [0.15, 0.2) is 72.9 Å². The van der Waals surface area contributed by atoms with Crippen LogP contribution in [-0.4, -0.2) is 46.5 Å². The van der Waals surface area contributed by atoms with Crippen molar-refractivity contribution in [2.24, 2.45) is 5.92 Å². The maximum atomic E-state index is 13.9. The molecule has 39 heavy (non-hydrogen) atoms. The van der Waals surface area contributed by atoms with Crippen molar-refractivity contribution in [1.29, 1.82) is 0 Å². The molecule has 0 aliphatic carbocycles. The molecular weight excluding hydrogens is 542 g/mol. The summed E-state index contributed by atoms with van der Waals surface area (Å²) in [5.41, 5.74) is 2.22. The number of nitrogens with zero attached hydrogens (tertiary/aromatic N) is 3. The number of halogens is 3. The largest absolute Gasteiger partial charge is 0.497 e. The smallest absolute Gasteiger partial charge is 0.254 e. The highest BCUT2D eigenvalue weighted by Crippen LogP contribution is 2.27. The monoisotopic (exact) mass is 568 g/mol. The molecule has 0 radical (unpaired) electrons. The van der Waals surface area contributed by atoms with Crippen molar-refractivity contribution in [3.05, 3.63) is 94.4 Å². The zero-order valence-electron chi connectivity index (χ0n) is 21.6. The molecule has 0 saturated carbocycles. The molecule has 2 amide bonds. The Hall–Kier alpha value is -3.88. The molecule has 0 spiro atoms. The van der Waals surface area contributed by atoms with Crippen LogP contribution in [-0.2, 0) is 4.79 Å². The summed E-state index contributed by atoms with van der Waals surface area (Å²) in [6.07, 6.45) is 1.70. The Morgan fingerprint density at radius 3 is 2.49 bits per heavy atom. The highest BCUT2D eigenvalue weighted by atomic mass is 35.5. The topological polar surface area (TPSA) is 76.5 Å². The first-order valence-corrected chi connectivity index (χ1v) is 12.9. The van der Waals surface area contributed by atoms with Gasteiger partial charge in [-0.25, -0.2) is 9.37 Å². The fraction of sp³-hybridized carbons (Fsp3) is 0.207. The number of imidazole rings is 1. The Bertz CT molecular complexity index is 1490. The minimum atomic E-state index is -0.565. The third-order valence-electron chi connectivity index (χ3n) is 5.80. The van der Waals surface area contributed by atoms with Crippen molar-refractivity contribution in [1.82, 2.24) is 14.5 Å². The Balaban J connectivity index is 1.64. The summed E-state index contributed by atoms with van der Waals surface area (Å²) >= 11 is 12.1. The molecule has 0 aliphatic rings. The highest BCUT2D eigenvalue weighted by Gasteiger charge is 2.22. The number of aromatic nitrogens is 2. The first kappa shape index (κ1) is 28.1. The molecule has 1 N–H and O–H groups in total. The minimum absolute atomic E-state index is 0.0708. The van der Waals surface area contributed by atoms with Crippen molar-refractivity contribution in [3.8, 4) is 22.7 Å². The molecule has 10 heteroatoms. The number of carbonyl (C=O) groups is 2. The number of rotatable bonds is 9. The SMILES string of the molecule is COc1cccc(C(=O)N(CC(=O)Nc2nc(-c3ccc(Cl)cc3)cn2-c2ccc(F)c(Cl)c2)CC(C)C)c1. The molecule has 4 aromatic rings. The number of carbonyl (C=O) groups excluding carboxylic acids is 2. The maximum absolute atomic E-state index is 13.9. The van der Waals surface area contributed by atoms with E-state index >= 15 is 0 Å². The van der Waals surface area contributed by atoms with E-state index in [0.717, 1.165) is 5.56 Å². The second kappa shape index (κ2) is 12.3. The van der Waals surface area contributed by atoms with Crippen molar-refractivity contribution < 1.29 is 18.7 Å². The van der Waals surface area contributed by atoms with Gasteiger partial charge in [0.25, 0.3) is 5.91 Å². The first-order chi connectivity index (χ1) is 18.6. The highest BCUT2D eigenvalue weighted by molar-refractivity contribution is 6.31. The summed E-state index contributed by atoms with van der Waals surface area (Å²) in [4.78, 5) is 32.7. The lowest BCUT2D eigenvalue weighted by atomic mass is 10.1. The Labute approximate surface area is 236 Å². The van der Waals surface area contributed by atoms with Crippen LogP contribution in [0.1, 0.15) is 24.2 Å². The number of ether oxygens (including phenoxy) is 1. The quantitative estimate of drug-likeness (QED) is 0.243. The van der Waals surface area contributed by atoms with E-state index in [1.165, 1.54) is 30.2 Å².